The third-order valence-electron chi connectivity index (χ3n) is 3.05. The summed E-state index contributed by atoms with van der Waals surface area (Å²) >= 11 is 9.02. The SMILES string of the molecule is O=C(Nc1ccc(Cl)c(F)c1)c1[nH]c2ccccc2c1Br. The Morgan fingerprint density at radius 1 is 1.24 bits per heavy atom. The number of aromatic nitrogens is 1. The highest BCUT2D eigenvalue weighted by Crippen LogP contribution is 2.28. The van der Waals surface area contributed by atoms with Gasteiger partial charge in [-0.05, 0) is 40.2 Å². The van der Waals surface area contributed by atoms with Crippen LogP contribution < -0.4 is 5.32 Å². The minimum absolute atomic E-state index is 0.0137. The van der Waals surface area contributed by atoms with Crippen LogP contribution in [0.15, 0.2) is 46.9 Å². The predicted octanol–water partition coefficient (Wildman–Crippen LogP) is 4.98. The zero-order valence-corrected chi connectivity index (χ0v) is 12.9. The molecule has 2 aromatic carbocycles. The van der Waals surface area contributed by atoms with E-state index < -0.39 is 5.82 Å². The number of para-hydroxylation sites is 1. The largest absolute Gasteiger partial charge is 0.350 e. The third-order valence-corrected chi connectivity index (χ3v) is 4.18. The fraction of sp³-hybridized carbons (Fsp3) is 0. The molecule has 21 heavy (non-hydrogen) atoms. The molecule has 1 amide bonds. The molecule has 0 atom stereocenters. The van der Waals surface area contributed by atoms with Gasteiger partial charge in [-0.25, -0.2) is 4.39 Å². The number of H-pyrrole nitrogens is 1. The fourth-order valence-corrected chi connectivity index (χ4v) is 2.77. The Morgan fingerprint density at radius 2 is 2.00 bits per heavy atom. The zero-order valence-electron chi connectivity index (χ0n) is 10.6. The minimum atomic E-state index is -0.579. The highest BCUT2D eigenvalue weighted by atomic mass is 79.9. The van der Waals surface area contributed by atoms with E-state index in [0.717, 1.165) is 10.9 Å². The van der Waals surface area contributed by atoms with Crippen molar-refractivity contribution in [1.82, 2.24) is 4.98 Å². The van der Waals surface area contributed by atoms with E-state index in [0.29, 0.717) is 15.9 Å². The van der Waals surface area contributed by atoms with Crippen LogP contribution in [0.5, 0.6) is 0 Å². The summed E-state index contributed by atoms with van der Waals surface area (Å²) in [5, 5.41) is 3.55. The zero-order chi connectivity index (χ0) is 15.0. The molecule has 0 spiro atoms. The summed E-state index contributed by atoms with van der Waals surface area (Å²) in [7, 11) is 0. The van der Waals surface area contributed by atoms with Crippen LogP contribution in [-0.2, 0) is 0 Å². The van der Waals surface area contributed by atoms with Crippen molar-refractivity contribution >= 4 is 50.0 Å². The summed E-state index contributed by atoms with van der Waals surface area (Å²) in [6, 6.07) is 11.6. The molecular formula is C15H9BrClFN2O. The lowest BCUT2D eigenvalue weighted by molar-refractivity contribution is 0.102. The molecule has 0 radical (unpaired) electrons. The highest BCUT2D eigenvalue weighted by molar-refractivity contribution is 9.10. The number of carbonyl (C=O) groups excluding carboxylic acids is 1. The lowest BCUT2D eigenvalue weighted by Gasteiger charge is -2.05. The predicted molar refractivity (Wildman–Crippen MR) is 85.4 cm³/mol. The lowest BCUT2D eigenvalue weighted by Crippen LogP contribution is -2.13. The lowest BCUT2D eigenvalue weighted by atomic mass is 10.2. The van der Waals surface area contributed by atoms with Crippen LogP contribution in [0.2, 0.25) is 5.02 Å². The molecule has 0 saturated carbocycles. The molecule has 1 aromatic heterocycles. The van der Waals surface area contributed by atoms with Gasteiger partial charge >= 0.3 is 0 Å². The molecule has 2 N–H and O–H groups in total. The van der Waals surface area contributed by atoms with Crippen molar-refractivity contribution in [2.75, 3.05) is 5.32 Å². The number of hydrogen-bond acceptors (Lipinski definition) is 1. The molecule has 0 aliphatic heterocycles. The number of hydrogen-bond donors (Lipinski definition) is 2. The molecule has 0 saturated heterocycles. The molecule has 3 nitrogen and oxygen atoms in total. The Labute approximate surface area is 133 Å². The van der Waals surface area contributed by atoms with Crippen molar-refractivity contribution in [3.63, 3.8) is 0 Å². The van der Waals surface area contributed by atoms with Crippen molar-refractivity contribution in [1.29, 1.82) is 0 Å². The molecule has 0 fully saturated rings. The number of carbonyl (C=O) groups is 1. The molecule has 6 heteroatoms. The maximum atomic E-state index is 13.4. The van der Waals surface area contributed by atoms with Crippen molar-refractivity contribution in [3.05, 3.63) is 63.5 Å². The second kappa shape index (κ2) is 5.50. The molecule has 0 bridgehead atoms. The van der Waals surface area contributed by atoms with E-state index >= 15 is 0 Å². The van der Waals surface area contributed by atoms with Gasteiger partial charge < -0.3 is 10.3 Å². The van der Waals surface area contributed by atoms with E-state index in [4.69, 9.17) is 11.6 Å². The Balaban J connectivity index is 1.93. The average molecular weight is 368 g/mol. The molecule has 0 aliphatic carbocycles. The Kier molecular flexibility index (Phi) is 3.69. The number of rotatable bonds is 2. The highest BCUT2D eigenvalue weighted by Gasteiger charge is 2.16. The van der Waals surface area contributed by atoms with Crippen molar-refractivity contribution < 1.29 is 9.18 Å². The first-order chi connectivity index (χ1) is 10.1. The van der Waals surface area contributed by atoms with E-state index in [1.807, 2.05) is 24.3 Å². The second-order valence-electron chi connectivity index (χ2n) is 4.44. The van der Waals surface area contributed by atoms with Crippen LogP contribution in [0, 0.1) is 5.82 Å². The maximum Gasteiger partial charge on any atom is 0.273 e. The summed E-state index contributed by atoms with van der Waals surface area (Å²) in [6.07, 6.45) is 0. The minimum Gasteiger partial charge on any atom is -0.350 e. The van der Waals surface area contributed by atoms with Crippen LogP contribution in [0.1, 0.15) is 10.5 Å². The molecular weight excluding hydrogens is 359 g/mol. The van der Waals surface area contributed by atoms with Crippen LogP contribution in [0.3, 0.4) is 0 Å². The monoisotopic (exact) mass is 366 g/mol. The van der Waals surface area contributed by atoms with E-state index in [1.54, 1.807) is 6.07 Å². The summed E-state index contributed by atoms with van der Waals surface area (Å²) in [6.45, 7) is 0. The van der Waals surface area contributed by atoms with Gasteiger partial charge in [0.15, 0.2) is 0 Å². The number of amides is 1. The molecule has 0 unspecified atom stereocenters. The van der Waals surface area contributed by atoms with E-state index in [-0.39, 0.29) is 10.9 Å². The Hall–Kier alpha value is -1.85. The first-order valence-electron chi connectivity index (χ1n) is 6.09. The van der Waals surface area contributed by atoms with E-state index in [2.05, 4.69) is 26.2 Å². The summed E-state index contributed by atoms with van der Waals surface area (Å²) < 4.78 is 14.0. The normalized spacial score (nSPS) is 10.8. The standard InChI is InChI=1S/C15H9BrClFN2O/c16-13-9-3-1-2-4-12(9)20-14(13)15(21)19-8-5-6-10(17)11(18)7-8/h1-7,20H,(H,19,21). The van der Waals surface area contributed by atoms with Gasteiger partial charge in [-0.15, -0.1) is 0 Å². The van der Waals surface area contributed by atoms with Gasteiger partial charge in [-0.2, -0.15) is 0 Å². The van der Waals surface area contributed by atoms with Gasteiger partial charge in [0.05, 0.1) is 9.50 Å². The first-order valence-corrected chi connectivity index (χ1v) is 7.26. The summed E-state index contributed by atoms with van der Waals surface area (Å²) in [5.41, 5.74) is 1.57. The van der Waals surface area contributed by atoms with E-state index in [1.165, 1.54) is 12.1 Å². The topological polar surface area (TPSA) is 44.9 Å². The van der Waals surface area contributed by atoms with Crippen molar-refractivity contribution in [3.8, 4) is 0 Å². The van der Waals surface area contributed by atoms with Crippen LogP contribution >= 0.6 is 27.5 Å². The number of aromatic amines is 1. The summed E-state index contributed by atoms with van der Waals surface area (Å²) in [5.74, 6) is -0.940. The molecule has 3 rings (SSSR count). The molecule has 1 heterocycles. The second-order valence-corrected chi connectivity index (χ2v) is 5.64. The number of benzene rings is 2. The summed E-state index contributed by atoms with van der Waals surface area (Å²) in [4.78, 5) is 15.3. The van der Waals surface area contributed by atoms with Crippen LogP contribution in [-0.4, -0.2) is 10.9 Å². The Morgan fingerprint density at radius 3 is 2.71 bits per heavy atom. The van der Waals surface area contributed by atoms with Crippen LogP contribution in [0.4, 0.5) is 10.1 Å². The van der Waals surface area contributed by atoms with Gasteiger partial charge in [0.25, 0.3) is 5.91 Å². The fourth-order valence-electron chi connectivity index (χ4n) is 2.03. The Bertz CT molecular complexity index is 847. The van der Waals surface area contributed by atoms with Gasteiger partial charge in [-0.1, -0.05) is 29.8 Å². The van der Waals surface area contributed by atoms with E-state index in [9.17, 15) is 9.18 Å². The third kappa shape index (κ3) is 2.66. The van der Waals surface area contributed by atoms with Gasteiger partial charge in [-0.3, -0.25) is 4.79 Å². The number of halogens is 3. The molecule has 0 aliphatic rings. The van der Waals surface area contributed by atoms with Gasteiger partial charge in [0.1, 0.15) is 11.5 Å². The smallest absolute Gasteiger partial charge is 0.273 e. The van der Waals surface area contributed by atoms with Gasteiger partial charge in [0.2, 0.25) is 0 Å². The quantitative estimate of drug-likeness (QED) is 0.659. The van der Waals surface area contributed by atoms with Crippen LogP contribution in [0.25, 0.3) is 10.9 Å². The molecule has 3 aromatic rings. The maximum absolute atomic E-state index is 13.4. The van der Waals surface area contributed by atoms with Crippen molar-refractivity contribution in [2.45, 2.75) is 0 Å². The number of nitrogens with one attached hydrogen (secondary N) is 2. The number of fused-ring (bicyclic) bond motifs is 1. The number of anilines is 1. The average Bonchev–Trinajstić information content (AvgIpc) is 2.81. The first kappa shape index (κ1) is 14.1. The van der Waals surface area contributed by atoms with Crippen molar-refractivity contribution in [2.24, 2.45) is 0 Å². The van der Waals surface area contributed by atoms with Gasteiger partial charge in [0, 0.05) is 16.6 Å². The molecule has 106 valence electrons.